The summed E-state index contributed by atoms with van der Waals surface area (Å²) in [6.07, 6.45) is 0. The summed E-state index contributed by atoms with van der Waals surface area (Å²) in [5.74, 6) is 3.50. The zero-order chi connectivity index (χ0) is 23.9. The fourth-order valence-corrected chi connectivity index (χ4v) is 5.78. The number of hydrogen-bond acceptors (Lipinski definition) is 6. The Kier molecular flexibility index (Phi) is 8.62. The van der Waals surface area contributed by atoms with Crippen molar-refractivity contribution in [3.8, 4) is 22.6 Å². The van der Waals surface area contributed by atoms with Gasteiger partial charge in [0, 0.05) is 25.3 Å². The van der Waals surface area contributed by atoms with E-state index in [1.165, 1.54) is 0 Å². The second kappa shape index (κ2) is 11.8. The third kappa shape index (κ3) is 5.01. The Morgan fingerprint density at radius 2 is 1.03 bits per heavy atom. The molecule has 0 radical (unpaired) electrons. The van der Waals surface area contributed by atoms with E-state index >= 15 is 0 Å². The third-order valence-electron chi connectivity index (χ3n) is 5.43. The number of fused-ring (bicyclic) bond motifs is 2. The lowest BCUT2D eigenvalue weighted by molar-refractivity contribution is 0.0482. The minimum absolute atomic E-state index is 0.165. The number of hydrogen-bond donors (Lipinski definition) is 0. The number of methoxy groups -OCH3 is 2. The van der Waals surface area contributed by atoms with Crippen LogP contribution in [0.1, 0.15) is 13.8 Å². The molecule has 0 saturated heterocycles. The maximum atomic E-state index is 6.30. The smallest absolute Gasteiger partial charge is 0.188 e. The van der Waals surface area contributed by atoms with Crippen LogP contribution in [-0.2, 0) is 9.47 Å². The molecule has 0 unspecified atom stereocenters. The second-order valence-corrected chi connectivity index (χ2v) is 10.2. The van der Waals surface area contributed by atoms with Crippen molar-refractivity contribution in [1.82, 2.24) is 0 Å². The van der Waals surface area contributed by atoms with Crippen molar-refractivity contribution in [2.24, 2.45) is 0 Å². The molecular weight excluding hydrogens is 464 g/mol. The van der Waals surface area contributed by atoms with Crippen molar-refractivity contribution in [3.63, 3.8) is 0 Å². The lowest BCUT2D eigenvalue weighted by atomic mass is 9.92. The highest BCUT2D eigenvalue weighted by Gasteiger charge is 2.24. The van der Waals surface area contributed by atoms with Crippen LogP contribution in [0.25, 0.3) is 32.7 Å². The Labute approximate surface area is 209 Å². The van der Waals surface area contributed by atoms with E-state index in [1.807, 2.05) is 0 Å². The summed E-state index contributed by atoms with van der Waals surface area (Å²) in [6.45, 7) is 4.64. The molecule has 0 heterocycles. The zero-order valence-electron chi connectivity index (χ0n) is 20.1. The van der Waals surface area contributed by atoms with E-state index < -0.39 is 0 Å². The summed E-state index contributed by atoms with van der Waals surface area (Å²) in [7, 11) is 3.29. The van der Waals surface area contributed by atoms with E-state index in [2.05, 4.69) is 74.5 Å². The summed E-state index contributed by atoms with van der Waals surface area (Å²) in [5.41, 5.74) is 2.04. The van der Waals surface area contributed by atoms with Gasteiger partial charge in [-0.2, -0.15) is 0 Å². The van der Waals surface area contributed by atoms with Crippen molar-refractivity contribution >= 4 is 45.1 Å². The van der Waals surface area contributed by atoms with Crippen LogP contribution in [0.4, 0.5) is 0 Å². The quantitative estimate of drug-likeness (QED) is 0.156. The van der Waals surface area contributed by atoms with E-state index in [4.69, 9.17) is 18.9 Å². The van der Waals surface area contributed by atoms with Gasteiger partial charge < -0.3 is 18.9 Å². The third-order valence-corrected chi connectivity index (χ3v) is 7.23. The molecule has 0 spiro atoms. The molecule has 4 aromatic carbocycles. The topological polar surface area (TPSA) is 36.9 Å². The molecule has 178 valence electrons. The van der Waals surface area contributed by atoms with Gasteiger partial charge in [0.25, 0.3) is 0 Å². The van der Waals surface area contributed by atoms with Crippen LogP contribution in [0.2, 0.25) is 0 Å². The standard InChI is InChI=1S/C28H30O4S2/c1-5-33-23-15-19-11-7-9-13-21(19)25(27(23)31-17-29-3)26-22-14-10-8-12-20(22)16-24(34-6-2)28(26)32-18-30-4/h7-16H,5-6,17-18H2,1-4H3. The van der Waals surface area contributed by atoms with Gasteiger partial charge >= 0.3 is 0 Å². The van der Waals surface area contributed by atoms with Crippen molar-refractivity contribution < 1.29 is 18.9 Å². The van der Waals surface area contributed by atoms with Crippen LogP contribution >= 0.6 is 23.5 Å². The van der Waals surface area contributed by atoms with Crippen LogP contribution < -0.4 is 9.47 Å². The molecule has 0 bridgehead atoms. The Bertz CT molecular complexity index is 1170. The minimum atomic E-state index is 0.165. The second-order valence-electron chi connectivity index (χ2n) is 7.57. The fraction of sp³-hybridized carbons (Fsp3) is 0.286. The predicted molar refractivity (Wildman–Crippen MR) is 145 cm³/mol. The Morgan fingerprint density at radius 1 is 0.618 bits per heavy atom. The Morgan fingerprint density at radius 3 is 1.41 bits per heavy atom. The summed E-state index contributed by atoms with van der Waals surface area (Å²) in [6, 6.07) is 21.3. The summed E-state index contributed by atoms with van der Waals surface area (Å²) < 4.78 is 23.3. The first kappa shape index (κ1) is 24.7. The molecule has 0 amide bonds. The van der Waals surface area contributed by atoms with Gasteiger partial charge in [-0.15, -0.1) is 23.5 Å². The van der Waals surface area contributed by atoms with Crippen LogP contribution in [0.15, 0.2) is 70.5 Å². The number of rotatable bonds is 11. The SMILES string of the molecule is CCSc1cc2ccccc2c(-c2c(OCOC)c(SCC)cc3ccccc23)c1OCOC. The van der Waals surface area contributed by atoms with Gasteiger partial charge in [0.1, 0.15) is 11.5 Å². The largest absolute Gasteiger partial charge is 0.466 e. The minimum Gasteiger partial charge on any atom is -0.466 e. The molecule has 0 atom stereocenters. The van der Waals surface area contributed by atoms with Crippen LogP contribution in [0, 0.1) is 0 Å². The van der Waals surface area contributed by atoms with Crippen molar-refractivity contribution in [2.75, 3.05) is 39.3 Å². The highest BCUT2D eigenvalue weighted by Crippen LogP contribution is 2.51. The maximum Gasteiger partial charge on any atom is 0.188 e. The van der Waals surface area contributed by atoms with Crippen molar-refractivity contribution in [2.45, 2.75) is 23.6 Å². The molecule has 4 aromatic rings. The summed E-state index contributed by atoms with van der Waals surface area (Å²) in [5, 5.41) is 4.54. The first-order chi connectivity index (χ1) is 16.7. The van der Waals surface area contributed by atoms with Gasteiger partial charge in [-0.1, -0.05) is 62.4 Å². The lowest BCUT2D eigenvalue weighted by Crippen LogP contribution is -2.06. The molecule has 0 aliphatic carbocycles. The summed E-state index contributed by atoms with van der Waals surface area (Å²) >= 11 is 3.54. The zero-order valence-corrected chi connectivity index (χ0v) is 21.7. The average Bonchev–Trinajstić information content (AvgIpc) is 2.86. The van der Waals surface area contributed by atoms with E-state index in [1.54, 1.807) is 37.7 Å². The van der Waals surface area contributed by atoms with E-state index in [-0.39, 0.29) is 13.6 Å². The van der Waals surface area contributed by atoms with Gasteiger partial charge in [0.15, 0.2) is 13.6 Å². The molecular formula is C28H30O4S2. The molecule has 4 nitrogen and oxygen atoms in total. The Hall–Kier alpha value is -2.38. The molecule has 4 rings (SSSR count). The van der Waals surface area contributed by atoms with Gasteiger partial charge in [0.05, 0.1) is 9.79 Å². The predicted octanol–water partition coefficient (Wildman–Crippen LogP) is 7.85. The molecule has 0 aliphatic heterocycles. The molecule has 0 aromatic heterocycles. The van der Waals surface area contributed by atoms with E-state index in [9.17, 15) is 0 Å². The molecule has 0 N–H and O–H groups in total. The monoisotopic (exact) mass is 494 g/mol. The van der Waals surface area contributed by atoms with Gasteiger partial charge in [-0.25, -0.2) is 0 Å². The average molecular weight is 495 g/mol. The number of ether oxygens (including phenoxy) is 4. The van der Waals surface area contributed by atoms with E-state index in [0.29, 0.717) is 0 Å². The fourth-order valence-electron chi connectivity index (χ4n) is 4.15. The van der Waals surface area contributed by atoms with Crippen molar-refractivity contribution in [3.05, 3.63) is 60.7 Å². The van der Waals surface area contributed by atoms with Gasteiger partial charge in [-0.05, 0) is 45.2 Å². The molecule has 0 saturated carbocycles. The first-order valence-corrected chi connectivity index (χ1v) is 13.3. The van der Waals surface area contributed by atoms with E-state index in [0.717, 1.165) is 65.5 Å². The normalized spacial score (nSPS) is 11.3. The molecule has 0 aliphatic rings. The molecule has 0 fully saturated rings. The lowest BCUT2D eigenvalue weighted by Gasteiger charge is -2.23. The Balaban J connectivity index is 2.18. The maximum absolute atomic E-state index is 6.30. The van der Waals surface area contributed by atoms with Gasteiger partial charge in [-0.3, -0.25) is 0 Å². The first-order valence-electron chi connectivity index (χ1n) is 11.3. The number of benzene rings is 4. The number of thioether (sulfide) groups is 2. The summed E-state index contributed by atoms with van der Waals surface area (Å²) in [4.78, 5) is 2.17. The van der Waals surface area contributed by atoms with Crippen LogP contribution in [0.3, 0.4) is 0 Å². The highest BCUT2D eigenvalue weighted by atomic mass is 32.2. The molecule has 6 heteroatoms. The van der Waals surface area contributed by atoms with Crippen LogP contribution in [0.5, 0.6) is 11.5 Å². The molecule has 34 heavy (non-hydrogen) atoms. The highest BCUT2D eigenvalue weighted by molar-refractivity contribution is 7.99. The van der Waals surface area contributed by atoms with Gasteiger partial charge in [0.2, 0.25) is 0 Å². The van der Waals surface area contributed by atoms with Crippen molar-refractivity contribution in [1.29, 1.82) is 0 Å². The van der Waals surface area contributed by atoms with Crippen LogP contribution in [-0.4, -0.2) is 39.3 Å².